The van der Waals surface area contributed by atoms with Crippen molar-refractivity contribution in [3.8, 4) is 0 Å². The van der Waals surface area contributed by atoms with Gasteiger partial charge < -0.3 is 20.2 Å². The number of piperazine rings is 1. The Morgan fingerprint density at radius 1 is 1.18 bits per heavy atom. The van der Waals surface area contributed by atoms with Gasteiger partial charge in [-0.05, 0) is 29.7 Å². The lowest BCUT2D eigenvalue weighted by molar-refractivity contribution is -0.121. The van der Waals surface area contributed by atoms with Crippen molar-refractivity contribution in [1.29, 1.82) is 0 Å². The van der Waals surface area contributed by atoms with Crippen LogP contribution in [0.3, 0.4) is 0 Å². The third-order valence-electron chi connectivity index (χ3n) is 5.95. The lowest BCUT2D eigenvalue weighted by Gasteiger charge is -2.46. The third-order valence-corrected chi connectivity index (χ3v) is 5.95. The fourth-order valence-electron chi connectivity index (χ4n) is 4.30. The molecule has 174 valence electrons. The van der Waals surface area contributed by atoms with Crippen LogP contribution in [0.15, 0.2) is 63.8 Å². The molecule has 1 aromatic heterocycles. The maximum atomic E-state index is 12.6. The smallest absolute Gasteiger partial charge is 0.408 e. The highest BCUT2D eigenvalue weighted by atomic mass is 35.5. The average Bonchev–Trinajstić information content (AvgIpc) is 2.78. The van der Waals surface area contributed by atoms with E-state index in [2.05, 4.69) is 10.6 Å². The molecule has 33 heavy (non-hydrogen) atoms. The van der Waals surface area contributed by atoms with Crippen LogP contribution in [-0.2, 0) is 16.8 Å². The lowest BCUT2D eigenvalue weighted by Crippen LogP contribution is -2.64. The number of rotatable bonds is 5. The summed E-state index contributed by atoms with van der Waals surface area (Å²) in [4.78, 5) is 38.1. The van der Waals surface area contributed by atoms with Gasteiger partial charge in [0.1, 0.15) is 11.1 Å². The zero-order valence-corrected chi connectivity index (χ0v) is 19.0. The van der Waals surface area contributed by atoms with Gasteiger partial charge in [0.15, 0.2) is 0 Å². The van der Waals surface area contributed by atoms with E-state index in [1.807, 2.05) is 49.4 Å². The number of carbonyl (C=O) groups excluding carboxylic acids is 1. The van der Waals surface area contributed by atoms with E-state index in [1.54, 1.807) is 6.07 Å². The lowest BCUT2D eigenvalue weighted by atomic mass is 9.85. The number of amides is 2. The fourth-order valence-corrected chi connectivity index (χ4v) is 4.30. The van der Waals surface area contributed by atoms with E-state index < -0.39 is 17.3 Å². The Labute approximate surface area is 197 Å². The molecular weight excluding hydrogens is 446 g/mol. The number of benzene rings is 2. The highest BCUT2D eigenvalue weighted by Gasteiger charge is 2.44. The number of carboxylic acid groups (broad SMARTS) is 1. The zero-order valence-electron chi connectivity index (χ0n) is 18.2. The average molecular weight is 472 g/mol. The van der Waals surface area contributed by atoms with Gasteiger partial charge in [-0.1, -0.05) is 42.5 Å². The van der Waals surface area contributed by atoms with Crippen molar-refractivity contribution in [2.45, 2.75) is 18.9 Å². The SMILES string of the molecule is Cc1cc(=O)oc2cc(C3(CNC(=O)Cc4ccccc4)CNCCN3C(=O)O)ccc12.Cl. The number of halogens is 1. The molecule has 4 rings (SSSR count). The molecule has 9 heteroatoms. The normalized spacial score (nSPS) is 17.9. The number of nitrogens with one attached hydrogen (secondary N) is 2. The molecule has 3 aromatic rings. The van der Waals surface area contributed by atoms with Crippen LogP contribution in [0.25, 0.3) is 11.0 Å². The number of nitrogens with zero attached hydrogens (tertiary/aromatic N) is 1. The molecule has 0 bridgehead atoms. The summed E-state index contributed by atoms with van der Waals surface area (Å²) in [6.45, 7) is 2.99. The molecular formula is C24H26ClN3O5. The van der Waals surface area contributed by atoms with E-state index in [0.717, 1.165) is 16.5 Å². The molecule has 8 nitrogen and oxygen atoms in total. The molecule has 0 radical (unpaired) electrons. The van der Waals surface area contributed by atoms with Gasteiger partial charge in [-0.2, -0.15) is 0 Å². The van der Waals surface area contributed by atoms with Crippen LogP contribution in [0.5, 0.6) is 0 Å². The van der Waals surface area contributed by atoms with Crippen molar-refractivity contribution in [3.05, 3.63) is 81.7 Å². The summed E-state index contributed by atoms with van der Waals surface area (Å²) in [6, 6.07) is 16.1. The van der Waals surface area contributed by atoms with Crippen LogP contribution < -0.4 is 16.3 Å². The third kappa shape index (κ3) is 5.02. The summed E-state index contributed by atoms with van der Waals surface area (Å²) in [5.41, 5.74) is 1.18. The summed E-state index contributed by atoms with van der Waals surface area (Å²) in [5.74, 6) is -0.199. The molecule has 1 fully saturated rings. The van der Waals surface area contributed by atoms with Gasteiger partial charge in [0.2, 0.25) is 5.91 Å². The first kappa shape index (κ1) is 24.3. The monoisotopic (exact) mass is 471 g/mol. The molecule has 1 unspecified atom stereocenters. The Kier molecular flexibility index (Phi) is 7.40. The molecule has 1 atom stereocenters. The summed E-state index contributed by atoms with van der Waals surface area (Å²) >= 11 is 0. The van der Waals surface area contributed by atoms with Crippen molar-refractivity contribution in [3.63, 3.8) is 0 Å². The van der Waals surface area contributed by atoms with Crippen LogP contribution in [0, 0.1) is 6.92 Å². The van der Waals surface area contributed by atoms with Crippen molar-refractivity contribution < 1.29 is 19.1 Å². The molecule has 2 aromatic carbocycles. The van der Waals surface area contributed by atoms with Gasteiger partial charge in [0.05, 0.1) is 6.42 Å². The molecule has 1 aliphatic rings. The fraction of sp³-hybridized carbons (Fsp3) is 0.292. The Morgan fingerprint density at radius 2 is 1.94 bits per heavy atom. The molecule has 0 saturated carbocycles. The Hall–Kier alpha value is -3.36. The first-order valence-corrected chi connectivity index (χ1v) is 10.5. The quantitative estimate of drug-likeness (QED) is 0.493. The van der Waals surface area contributed by atoms with E-state index >= 15 is 0 Å². The summed E-state index contributed by atoms with van der Waals surface area (Å²) in [6.07, 6.45) is -0.877. The van der Waals surface area contributed by atoms with Crippen molar-refractivity contribution in [2.24, 2.45) is 0 Å². The molecule has 1 saturated heterocycles. The topological polar surface area (TPSA) is 112 Å². The van der Waals surface area contributed by atoms with Crippen LogP contribution in [0.4, 0.5) is 4.79 Å². The minimum Gasteiger partial charge on any atom is -0.465 e. The van der Waals surface area contributed by atoms with Gasteiger partial charge in [-0.25, -0.2) is 9.59 Å². The van der Waals surface area contributed by atoms with Crippen molar-refractivity contribution in [1.82, 2.24) is 15.5 Å². The largest absolute Gasteiger partial charge is 0.465 e. The van der Waals surface area contributed by atoms with Gasteiger partial charge in [0, 0.05) is 37.6 Å². The van der Waals surface area contributed by atoms with Crippen molar-refractivity contribution in [2.75, 3.05) is 26.2 Å². The minimum atomic E-state index is -1.07. The molecule has 3 N–H and O–H groups in total. The highest BCUT2D eigenvalue weighted by molar-refractivity contribution is 5.85. The molecule has 2 heterocycles. The number of fused-ring (bicyclic) bond motifs is 1. The van der Waals surface area contributed by atoms with Crippen LogP contribution in [0.2, 0.25) is 0 Å². The Morgan fingerprint density at radius 3 is 2.67 bits per heavy atom. The van der Waals surface area contributed by atoms with E-state index in [1.165, 1.54) is 11.0 Å². The maximum absolute atomic E-state index is 12.6. The maximum Gasteiger partial charge on any atom is 0.408 e. The molecule has 0 aliphatic carbocycles. The second-order valence-electron chi connectivity index (χ2n) is 8.04. The molecule has 1 aliphatic heterocycles. The van der Waals surface area contributed by atoms with Gasteiger partial charge in [-0.3, -0.25) is 9.69 Å². The predicted molar refractivity (Wildman–Crippen MR) is 127 cm³/mol. The van der Waals surface area contributed by atoms with Gasteiger partial charge >= 0.3 is 11.7 Å². The zero-order chi connectivity index (χ0) is 22.7. The molecule has 0 spiro atoms. The highest BCUT2D eigenvalue weighted by Crippen LogP contribution is 2.32. The minimum absolute atomic E-state index is 0. The summed E-state index contributed by atoms with van der Waals surface area (Å²) < 4.78 is 5.39. The Balaban J connectivity index is 0.00000306. The van der Waals surface area contributed by atoms with Gasteiger partial charge in [-0.15, -0.1) is 12.4 Å². The summed E-state index contributed by atoms with van der Waals surface area (Å²) in [7, 11) is 0. The molecule has 2 amide bonds. The number of hydrogen-bond acceptors (Lipinski definition) is 5. The van der Waals surface area contributed by atoms with E-state index in [4.69, 9.17) is 4.42 Å². The van der Waals surface area contributed by atoms with E-state index in [-0.39, 0.29) is 37.8 Å². The second-order valence-corrected chi connectivity index (χ2v) is 8.04. The first-order chi connectivity index (χ1) is 15.4. The Bertz CT molecular complexity index is 1210. The first-order valence-electron chi connectivity index (χ1n) is 10.5. The van der Waals surface area contributed by atoms with Crippen molar-refractivity contribution >= 4 is 35.4 Å². The second kappa shape index (κ2) is 10.1. The summed E-state index contributed by atoms with van der Waals surface area (Å²) in [5, 5.41) is 16.9. The predicted octanol–water partition coefficient (Wildman–Crippen LogP) is 2.66. The standard InChI is InChI=1S/C24H25N3O5.ClH/c1-16-11-22(29)32-20-13-18(7-8-19(16)20)24(14-25-9-10-27(24)23(30)31)15-26-21(28)12-17-5-3-2-4-6-17;/h2-8,11,13,25H,9-10,12,14-15H2,1H3,(H,26,28)(H,30,31);1H. The van der Waals surface area contributed by atoms with Crippen LogP contribution >= 0.6 is 12.4 Å². The number of aryl methyl sites for hydroxylation is 1. The van der Waals surface area contributed by atoms with Crippen LogP contribution in [-0.4, -0.2) is 48.2 Å². The van der Waals surface area contributed by atoms with Crippen LogP contribution in [0.1, 0.15) is 16.7 Å². The number of hydrogen-bond donors (Lipinski definition) is 3. The number of carbonyl (C=O) groups is 2. The van der Waals surface area contributed by atoms with Gasteiger partial charge in [0.25, 0.3) is 0 Å². The van der Waals surface area contributed by atoms with E-state index in [9.17, 15) is 19.5 Å². The van der Waals surface area contributed by atoms with E-state index in [0.29, 0.717) is 24.2 Å².